The van der Waals surface area contributed by atoms with Crippen LogP contribution in [0.5, 0.6) is 0 Å². The Hall–Kier alpha value is -1.14. The zero-order valence-electron chi connectivity index (χ0n) is 9.93. The Bertz CT molecular complexity index is 402. The van der Waals surface area contributed by atoms with E-state index in [1.807, 2.05) is 6.92 Å². The maximum Gasteiger partial charge on any atom is 0.338 e. The maximum absolute atomic E-state index is 11.1. The van der Waals surface area contributed by atoms with Crippen molar-refractivity contribution >= 4 is 16.8 Å². The van der Waals surface area contributed by atoms with Crippen molar-refractivity contribution in [3.8, 4) is 0 Å². The summed E-state index contributed by atoms with van der Waals surface area (Å²) in [6, 6.07) is 1.50. The molecule has 0 aliphatic carbocycles. The molecule has 0 aliphatic rings. The molecule has 0 aromatic carbocycles. The second kappa shape index (κ2) is 6.56. The molecule has 2 N–H and O–H groups in total. The fourth-order valence-electron chi connectivity index (χ4n) is 1.27. The van der Waals surface area contributed by atoms with Gasteiger partial charge >= 0.3 is 5.97 Å². The first-order valence-electron chi connectivity index (χ1n) is 5.34. The average molecular weight is 259 g/mol. The summed E-state index contributed by atoms with van der Waals surface area (Å²) in [5, 5.41) is 12.0. The fraction of sp³-hybridized carbons (Fsp3) is 0.545. The van der Waals surface area contributed by atoms with Crippen molar-refractivity contribution in [3.63, 3.8) is 0 Å². The lowest BCUT2D eigenvalue weighted by molar-refractivity contribution is 0.0696. The Balaban J connectivity index is 2.26. The molecule has 0 fully saturated rings. The molecule has 0 radical (unpaired) electrons. The molecule has 2 unspecified atom stereocenters. The van der Waals surface area contributed by atoms with E-state index < -0.39 is 16.8 Å². The minimum Gasteiger partial charge on any atom is -0.478 e. The molecule has 0 amide bonds. The number of carboxylic acids is 1. The molecule has 1 aromatic rings. The van der Waals surface area contributed by atoms with Crippen LogP contribution in [0.25, 0.3) is 0 Å². The quantitative estimate of drug-likeness (QED) is 0.720. The summed E-state index contributed by atoms with van der Waals surface area (Å²) in [4.78, 5) is 10.6. The predicted molar refractivity (Wildman–Crippen MR) is 65.5 cm³/mol. The summed E-state index contributed by atoms with van der Waals surface area (Å²) >= 11 is 0. The molecule has 0 bridgehead atoms. The Labute approximate surface area is 103 Å². The van der Waals surface area contributed by atoms with Crippen LogP contribution in [0.2, 0.25) is 0 Å². The Kier molecular flexibility index (Phi) is 5.37. The predicted octanol–water partition coefficient (Wildman–Crippen LogP) is 1.22. The third-order valence-electron chi connectivity index (χ3n) is 2.49. The van der Waals surface area contributed by atoms with Crippen molar-refractivity contribution in [1.29, 1.82) is 0 Å². The van der Waals surface area contributed by atoms with Crippen molar-refractivity contribution < 1.29 is 18.5 Å². The number of rotatable bonds is 7. The lowest BCUT2D eigenvalue weighted by atomic mass is 10.3. The second-order valence-electron chi connectivity index (χ2n) is 3.88. The molecule has 6 heteroatoms. The lowest BCUT2D eigenvalue weighted by Gasteiger charge is -2.07. The van der Waals surface area contributed by atoms with Crippen LogP contribution in [0.1, 0.15) is 29.5 Å². The molecule has 96 valence electrons. The highest BCUT2D eigenvalue weighted by Gasteiger charge is 2.08. The average Bonchev–Trinajstić information content (AvgIpc) is 2.72. The number of nitrogens with one attached hydrogen (secondary N) is 1. The summed E-state index contributed by atoms with van der Waals surface area (Å²) in [5.74, 6) is -0.400. The van der Waals surface area contributed by atoms with Gasteiger partial charge in [0, 0.05) is 22.3 Å². The van der Waals surface area contributed by atoms with Gasteiger partial charge in [0.15, 0.2) is 0 Å². The number of carboxylic acid groups (broad SMARTS) is 1. The number of furan rings is 1. The molecule has 1 heterocycles. The number of carbonyl (C=O) groups is 1. The van der Waals surface area contributed by atoms with Gasteiger partial charge in [0.1, 0.15) is 12.0 Å². The monoisotopic (exact) mass is 259 g/mol. The van der Waals surface area contributed by atoms with E-state index in [-0.39, 0.29) is 10.8 Å². The zero-order chi connectivity index (χ0) is 12.8. The molecular formula is C11H17NO4S. The first kappa shape index (κ1) is 13.9. The Morgan fingerprint density at radius 3 is 2.88 bits per heavy atom. The van der Waals surface area contributed by atoms with Crippen LogP contribution < -0.4 is 5.32 Å². The van der Waals surface area contributed by atoms with E-state index in [1.165, 1.54) is 12.3 Å². The minimum atomic E-state index is -0.991. The minimum absolute atomic E-state index is 0.157. The smallest absolute Gasteiger partial charge is 0.338 e. The first-order chi connectivity index (χ1) is 8.00. The molecule has 0 saturated heterocycles. The van der Waals surface area contributed by atoms with E-state index in [4.69, 9.17) is 9.52 Å². The van der Waals surface area contributed by atoms with Gasteiger partial charge in [-0.3, -0.25) is 4.21 Å². The van der Waals surface area contributed by atoms with Crippen molar-refractivity contribution in [3.05, 3.63) is 23.7 Å². The highest BCUT2D eigenvalue weighted by atomic mass is 32.2. The SMILES string of the molecule is CC(CCNCc1cc(C(=O)O)co1)S(C)=O. The van der Waals surface area contributed by atoms with Crippen molar-refractivity contribution in [2.75, 3.05) is 12.8 Å². The Morgan fingerprint density at radius 2 is 2.35 bits per heavy atom. The normalized spacial score (nSPS) is 14.5. The van der Waals surface area contributed by atoms with Crippen molar-refractivity contribution in [2.45, 2.75) is 25.1 Å². The number of hydrogen-bond acceptors (Lipinski definition) is 4. The van der Waals surface area contributed by atoms with E-state index in [1.54, 1.807) is 6.26 Å². The third-order valence-corrected chi connectivity index (χ3v) is 3.86. The van der Waals surface area contributed by atoms with Crippen LogP contribution in [0.15, 0.2) is 16.7 Å². The molecule has 1 rings (SSSR count). The first-order valence-corrected chi connectivity index (χ1v) is 6.96. The van der Waals surface area contributed by atoms with Crippen LogP contribution >= 0.6 is 0 Å². The van der Waals surface area contributed by atoms with Crippen LogP contribution in [0.4, 0.5) is 0 Å². The number of aromatic carboxylic acids is 1. The van der Waals surface area contributed by atoms with E-state index in [2.05, 4.69) is 5.32 Å². The molecule has 17 heavy (non-hydrogen) atoms. The van der Waals surface area contributed by atoms with Crippen LogP contribution in [0.3, 0.4) is 0 Å². The van der Waals surface area contributed by atoms with Gasteiger partial charge in [-0.25, -0.2) is 4.79 Å². The van der Waals surface area contributed by atoms with Crippen LogP contribution in [0, 0.1) is 0 Å². The highest BCUT2D eigenvalue weighted by Crippen LogP contribution is 2.07. The number of hydrogen-bond donors (Lipinski definition) is 2. The summed E-state index contributed by atoms with van der Waals surface area (Å²) in [7, 11) is -0.801. The fourth-order valence-corrected chi connectivity index (χ4v) is 1.72. The standard InChI is InChI=1S/C11H17NO4S/c1-8(17(2)15)3-4-12-6-10-5-9(7-16-10)11(13)14/h5,7-8,12H,3-4,6H2,1-2H3,(H,13,14). The van der Waals surface area contributed by atoms with Gasteiger partial charge in [-0.2, -0.15) is 0 Å². The largest absolute Gasteiger partial charge is 0.478 e. The topological polar surface area (TPSA) is 79.5 Å². The van der Waals surface area contributed by atoms with Gasteiger partial charge in [0.25, 0.3) is 0 Å². The second-order valence-corrected chi connectivity index (χ2v) is 5.68. The summed E-state index contributed by atoms with van der Waals surface area (Å²) < 4.78 is 16.2. The van der Waals surface area contributed by atoms with Crippen molar-refractivity contribution in [2.24, 2.45) is 0 Å². The van der Waals surface area contributed by atoms with Gasteiger partial charge in [-0.15, -0.1) is 0 Å². The molecular weight excluding hydrogens is 242 g/mol. The summed E-state index contributed by atoms with van der Waals surface area (Å²) in [5.41, 5.74) is 0.157. The molecule has 0 spiro atoms. The molecule has 2 atom stereocenters. The zero-order valence-corrected chi connectivity index (χ0v) is 10.8. The molecule has 0 aliphatic heterocycles. The van der Waals surface area contributed by atoms with Gasteiger partial charge in [0.2, 0.25) is 0 Å². The van der Waals surface area contributed by atoms with Gasteiger partial charge in [-0.1, -0.05) is 6.92 Å². The van der Waals surface area contributed by atoms with Gasteiger partial charge < -0.3 is 14.8 Å². The molecule has 0 saturated carbocycles. The van der Waals surface area contributed by atoms with Crippen LogP contribution in [-0.2, 0) is 17.3 Å². The van der Waals surface area contributed by atoms with E-state index in [0.29, 0.717) is 12.3 Å². The highest BCUT2D eigenvalue weighted by molar-refractivity contribution is 7.84. The Morgan fingerprint density at radius 1 is 1.65 bits per heavy atom. The van der Waals surface area contributed by atoms with E-state index in [0.717, 1.165) is 13.0 Å². The lowest BCUT2D eigenvalue weighted by Crippen LogP contribution is -2.20. The van der Waals surface area contributed by atoms with Gasteiger partial charge in [0.05, 0.1) is 12.1 Å². The molecule has 5 nitrogen and oxygen atoms in total. The van der Waals surface area contributed by atoms with Crippen molar-refractivity contribution in [1.82, 2.24) is 5.32 Å². The van der Waals surface area contributed by atoms with E-state index in [9.17, 15) is 9.00 Å². The summed E-state index contributed by atoms with van der Waals surface area (Å²) in [6.07, 6.45) is 3.73. The maximum atomic E-state index is 11.1. The van der Waals surface area contributed by atoms with Gasteiger partial charge in [-0.05, 0) is 19.0 Å². The molecule has 1 aromatic heterocycles. The van der Waals surface area contributed by atoms with Crippen LogP contribution in [-0.4, -0.2) is 33.3 Å². The van der Waals surface area contributed by atoms with E-state index >= 15 is 0 Å². The summed E-state index contributed by atoms with van der Waals surface area (Å²) in [6.45, 7) is 3.15. The third kappa shape index (κ3) is 4.70.